The Bertz CT molecular complexity index is 950. The smallest absolute Gasteiger partial charge is 0.283 e. The molecule has 0 radical (unpaired) electrons. The van der Waals surface area contributed by atoms with E-state index >= 15 is 0 Å². The van der Waals surface area contributed by atoms with Crippen molar-refractivity contribution in [2.24, 2.45) is 4.99 Å². The van der Waals surface area contributed by atoms with Gasteiger partial charge in [0.15, 0.2) is 4.80 Å². The molecular formula is C22H29ClN2O3S. The van der Waals surface area contributed by atoms with Gasteiger partial charge in [0, 0.05) is 16.1 Å². The van der Waals surface area contributed by atoms with Crippen molar-refractivity contribution in [3.05, 3.63) is 44.7 Å². The summed E-state index contributed by atoms with van der Waals surface area (Å²) in [6, 6.07) is 4.92. The fourth-order valence-corrected chi connectivity index (χ4v) is 4.82. The van der Waals surface area contributed by atoms with Gasteiger partial charge in [-0.25, -0.2) is 0 Å². The van der Waals surface area contributed by atoms with Crippen molar-refractivity contribution in [1.29, 1.82) is 0 Å². The second kappa shape index (κ2) is 8.62. The van der Waals surface area contributed by atoms with Crippen LogP contribution in [0.5, 0.6) is 5.75 Å². The topological polar surface area (TPSA) is 63.8 Å². The molecular weight excluding hydrogens is 408 g/mol. The Kier molecular flexibility index (Phi) is 6.56. The van der Waals surface area contributed by atoms with Crippen LogP contribution in [0.1, 0.15) is 68.1 Å². The Morgan fingerprint density at radius 3 is 2.62 bits per heavy atom. The van der Waals surface area contributed by atoms with Gasteiger partial charge in [0.1, 0.15) is 5.75 Å². The highest BCUT2D eigenvalue weighted by Gasteiger charge is 2.31. The lowest BCUT2D eigenvalue weighted by Crippen LogP contribution is -2.38. The number of benzene rings is 1. The minimum Gasteiger partial charge on any atom is -0.496 e. The molecule has 1 saturated carbocycles. The Morgan fingerprint density at radius 2 is 2.00 bits per heavy atom. The predicted molar refractivity (Wildman–Crippen MR) is 117 cm³/mol. The van der Waals surface area contributed by atoms with Gasteiger partial charge in [-0.15, -0.1) is 11.3 Å². The summed E-state index contributed by atoms with van der Waals surface area (Å²) in [6.07, 6.45) is 6.79. The molecule has 2 aromatic rings. The lowest BCUT2D eigenvalue weighted by molar-refractivity contribution is -0.0121. The molecule has 0 atom stereocenters. The summed E-state index contributed by atoms with van der Waals surface area (Å²) in [5.41, 5.74) is -0.500. The lowest BCUT2D eigenvalue weighted by Gasteiger charge is -2.32. The van der Waals surface area contributed by atoms with E-state index in [1.54, 1.807) is 18.2 Å². The third kappa shape index (κ3) is 5.30. The maximum atomic E-state index is 13.0. The molecule has 0 spiro atoms. The van der Waals surface area contributed by atoms with E-state index in [4.69, 9.17) is 16.3 Å². The van der Waals surface area contributed by atoms with Crippen LogP contribution in [0, 0.1) is 0 Å². The van der Waals surface area contributed by atoms with Crippen LogP contribution in [0.2, 0.25) is 5.02 Å². The zero-order valence-corrected chi connectivity index (χ0v) is 19.1. The largest absolute Gasteiger partial charge is 0.496 e. The number of amides is 1. The zero-order valence-electron chi connectivity index (χ0n) is 17.5. The average Bonchev–Trinajstić information content (AvgIpc) is 3.04. The van der Waals surface area contributed by atoms with E-state index < -0.39 is 11.5 Å². The van der Waals surface area contributed by atoms with E-state index in [0.29, 0.717) is 27.7 Å². The maximum Gasteiger partial charge on any atom is 0.283 e. The standard InChI is InChI=1S/C22H29ClN2O3S/c1-21(2,3)18-13-25(14-22(27)10-6-5-7-11-22)20(29-18)24-19(26)16-12-15(23)8-9-17(16)28-4/h8-9,12-13,27H,5-7,10-11,14H2,1-4H3/b24-20-. The zero-order chi connectivity index (χ0) is 21.2. The number of methoxy groups -OCH3 is 1. The van der Waals surface area contributed by atoms with E-state index in [9.17, 15) is 9.90 Å². The summed E-state index contributed by atoms with van der Waals surface area (Å²) in [6.45, 7) is 6.83. The summed E-state index contributed by atoms with van der Waals surface area (Å²) in [7, 11) is 1.52. The number of carbonyl (C=O) groups is 1. The fraction of sp³-hybridized carbons (Fsp3) is 0.545. The number of halogens is 1. The Labute approximate surface area is 181 Å². The first-order chi connectivity index (χ1) is 13.6. The van der Waals surface area contributed by atoms with Crippen molar-refractivity contribution in [3.8, 4) is 5.75 Å². The summed E-state index contributed by atoms with van der Waals surface area (Å²) < 4.78 is 7.24. The van der Waals surface area contributed by atoms with Gasteiger partial charge in [-0.1, -0.05) is 51.6 Å². The highest BCUT2D eigenvalue weighted by atomic mass is 35.5. The molecule has 1 amide bonds. The molecule has 1 aromatic carbocycles. The average molecular weight is 437 g/mol. The van der Waals surface area contributed by atoms with Gasteiger partial charge in [-0.3, -0.25) is 4.79 Å². The van der Waals surface area contributed by atoms with Gasteiger partial charge in [-0.2, -0.15) is 4.99 Å². The number of nitrogens with zero attached hydrogens (tertiary/aromatic N) is 2. The molecule has 1 heterocycles. The van der Waals surface area contributed by atoms with Crippen molar-refractivity contribution in [2.45, 2.75) is 70.4 Å². The van der Waals surface area contributed by atoms with Crippen LogP contribution in [0.25, 0.3) is 0 Å². The van der Waals surface area contributed by atoms with Crippen LogP contribution in [0.15, 0.2) is 29.4 Å². The Balaban J connectivity index is 2.04. The number of aliphatic hydroxyl groups is 1. The number of ether oxygens (including phenoxy) is 1. The SMILES string of the molecule is COc1ccc(Cl)cc1C(=O)/N=c1\sc(C(C)(C)C)cn1CC1(O)CCCCC1. The second-order valence-corrected chi connectivity index (χ2v) is 10.2. The number of carbonyl (C=O) groups excluding carboxylic acids is 1. The lowest BCUT2D eigenvalue weighted by atomic mass is 9.85. The molecule has 0 saturated heterocycles. The molecule has 1 fully saturated rings. The first-order valence-corrected chi connectivity index (χ1v) is 11.2. The number of aromatic nitrogens is 1. The van der Waals surface area contributed by atoms with Crippen molar-refractivity contribution in [2.75, 3.05) is 7.11 Å². The highest BCUT2D eigenvalue weighted by molar-refractivity contribution is 7.09. The molecule has 3 rings (SSSR count). The van der Waals surface area contributed by atoms with E-state index in [2.05, 4.69) is 25.8 Å². The van der Waals surface area contributed by atoms with E-state index in [1.807, 2.05) is 10.8 Å². The predicted octanol–water partition coefficient (Wildman–Crippen LogP) is 4.95. The molecule has 0 unspecified atom stereocenters. The third-order valence-electron chi connectivity index (χ3n) is 5.30. The third-order valence-corrected chi connectivity index (χ3v) is 6.98. The van der Waals surface area contributed by atoms with Crippen LogP contribution in [-0.4, -0.2) is 28.3 Å². The summed E-state index contributed by atoms with van der Waals surface area (Å²) in [4.78, 5) is 19.1. The Hall–Kier alpha value is -1.63. The molecule has 29 heavy (non-hydrogen) atoms. The monoisotopic (exact) mass is 436 g/mol. The molecule has 0 bridgehead atoms. The Morgan fingerprint density at radius 1 is 1.31 bits per heavy atom. The molecule has 1 aromatic heterocycles. The molecule has 0 aliphatic heterocycles. The second-order valence-electron chi connectivity index (χ2n) is 8.80. The first kappa shape index (κ1) is 22.1. The van der Waals surface area contributed by atoms with Crippen molar-refractivity contribution < 1.29 is 14.6 Å². The molecule has 7 heteroatoms. The number of thiazole rings is 1. The van der Waals surface area contributed by atoms with E-state index in [1.165, 1.54) is 18.4 Å². The molecule has 1 N–H and O–H groups in total. The van der Waals surface area contributed by atoms with Crippen molar-refractivity contribution in [3.63, 3.8) is 0 Å². The van der Waals surface area contributed by atoms with Gasteiger partial charge >= 0.3 is 0 Å². The minimum absolute atomic E-state index is 0.0772. The molecule has 1 aliphatic rings. The first-order valence-electron chi connectivity index (χ1n) is 9.97. The van der Waals surface area contributed by atoms with E-state index in [-0.39, 0.29) is 5.41 Å². The van der Waals surface area contributed by atoms with Crippen molar-refractivity contribution in [1.82, 2.24) is 4.57 Å². The number of rotatable bonds is 4. The van der Waals surface area contributed by atoms with Crippen LogP contribution in [0.3, 0.4) is 0 Å². The van der Waals surface area contributed by atoms with Gasteiger partial charge in [0.05, 0.1) is 24.8 Å². The number of hydrogen-bond donors (Lipinski definition) is 1. The van der Waals surface area contributed by atoms with E-state index in [0.717, 1.165) is 37.0 Å². The minimum atomic E-state index is -0.750. The van der Waals surface area contributed by atoms with Gasteiger partial charge in [0.2, 0.25) is 0 Å². The van der Waals surface area contributed by atoms with Crippen LogP contribution in [0.4, 0.5) is 0 Å². The van der Waals surface area contributed by atoms with Crippen LogP contribution >= 0.6 is 22.9 Å². The van der Waals surface area contributed by atoms with Gasteiger partial charge in [0.25, 0.3) is 5.91 Å². The fourth-order valence-electron chi connectivity index (χ4n) is 3.61. The molecule has 5 nitrogen and oxygen atoms in total. The highest BCUT2D eigenvalue weighted by Crippen LogP contribution is 2.31. The van der Waals surface area contributed by atoms with Gasteiger partial charge in [-0.05, 0) is 36.5 Å². The van der Waals surface area contributed by atoms with Gasteiger partial charge < -0.3 is 14.4 Å². The number of hydrogen-bond acceptors (Lipinski definition) is 4. The maximum absolute atomic E-state index is 13.0. The summed E-state index contributed by atoms with van der Waals surface area (Å²) >= 11 is 7.56. The van der Waals surface area contributed by atoms with Crippen LogP contribution in [-0.2, 0) is 12.0 Å². The normalized spacial score (nSPS) is 17.4. The summed E-state index contributed by atoms with van der Waals surface area (Å²) in [5, 5.41) is 11.5. The molecule has 1 aliphatic carbocycles. The van der Waals surface area contributed by atoms with Crippen LogP contribution < -0.4 is 9.54 Å². The summed E-state index contributed by atoms with van der Waals surface area (Å²) in [5.74, 6) is 0.0317. The molecule has 158 valence electrons. The quantitative estimate of drug-likeness (QED) is 0.737. The van der Waals surface area contributed by atoms with Crippen molar-refractivity contribution >= 4 is 28.8 Å².